The minimum absolute atomic E-state index is 0.0534. The third kappa shape index (κ3) is 5.40. The number of amides is 1. The van der Waals surface area contributed by atoms with E-state index in [1.807, 2.05) is 30.0 Å². The zero-order chi connectivity index (χ0) is 23.4. The molecule has 1 amide bonds. The van der Waals surface area contributed by atoms with Gasteiger partial charge in [0.15, 0.2) is 0 Å². The highest BCUT2D eigenvalue weighted by Crippen LogP contribution is 2.32. The lowest BCUT2D eigenvalue weighted by Crippen LogP contribution is -2.48. The molecular weight excluding hydrogens is 536 g/mol. The lowest BCUT2D eigenvalue weighted by atomic mass is 9.89. The number of aromatic nitrogens is 4. The molecule has 1 aromatic carbocycles. The van der Waals surface area contributed by atoms with E-state index in [9.17, 15) is 9.18 Å². The van der Waals surface area contributed by atoms with Crippen LogP contribution in [0.4, 0.5) is 4.39 Å². The number of hydrogen-bond acceptors (Lipinski definition) is 5. The molecule has 1 fully saturated rings. The smallest absolute Gasteiger partial charge is 0.256 e. The van der Waals surface area contributed by atoms with Crippen molar-refractivity contribution in [3.8, 4) is 11.6 Å². The number of aryl methyl sites for hydroxylation is 1. The molecule has 7 nitrogen and oxygen atoms in total. The number of carbonyl (C=O) groups excluding carboxylic acids is 1. The summed E-state index contributed by atoms with van der Waals surface area (Å²) in [5.74, 6) is 0.280. The number of alkyl halides is 1. The summed E-state index contributed by atoms with van der Waals surface area (Å²) < 4.78 is 19.9. The maximum atomic E-state index is 13.8. The summed E-state index contributed by atoms with van der Waals surface area (Å²) in [4.78, 5) is 21.2. The number of likely N-dealkylation sites (tertiary alicyclic amines) is 1. The first-order chi connectivity index (χ1) is 16.0. The summed E-state index contributed by atoms with van der Waals surface area (Å²) in [5.41, 5.74) is 2.21. The Hall–Kier alpha value is -2.82. The molecule has 0 N–H and O–H groups in total. The van der Waals surface area contributed by atoms with Crippen molar-refractivity contribution in [1.82, 2.24) is 24.9 Å². The Bertz CT molecular complexity index is 1120. The van der Waals surface area contributed by atoms with Gasteiger partial charge < -0.3 is 9.64 Å². The Balaban J connectivity index is 1.59. The maximum absolute atomic E-state index is 13.8. The van der Waals surface area contributed by atoms with Gasteiger partial charge in [-0.3, -0.25) is 4.79 Å². The molecule has 33 heavy (non-hydrogen) atoms. The van der Waals surface area contributed by atoms with Crippen molar-refractivity contribution in [2.75, 3.05) is 11.0 Å². The van der Waals surface area contributed by atoms with E-state index < -0.39 is 5.82 Å². The third-order valence-corrected chi connectivity index (χ3v) is 6.44. The molecule has 0 bridgehead atoms. The maximum Gasteiger partial charge on any atom is 0.256 e. The van der Waals surface area contributed by atoms with Gasteiger partial charge in [-0.1, -0.05) is 40.8 Å². The molecule has 0 radical (unpaired) electrons. The fraction of sp³-hybridized carbons (Fsp3) is 0.333. The van der Waals surface area contributed by atoms with Crippen LogP contribution in [-0.4, -0.2) is 47.8 Å². The zero-order valence-electron chi connectivity index (χ0n) is 18.3. The van der Waals surface area contributed by atoms with Gasteiger partial charge in [-0.2, -0.15) is 15.0 Å². The highest BCUT2D eigenvalue weighted by molar-refractivity contribution is 14.1. The molecule has 0 saturated carbocycles. The second-order valence-electron chi connectivity index (χ2n) is 8.09. The van der Waals surface area contributed by atoms with Crippen LogP contribution in [0.2, 0.25) is 0 Å². The summed E-state index contributed by atoms with van der Waals surface area (Å²) in [6.07, 6.45) is 6.90. The molecule has 2 aromatic heterocycles. The molecule has 2 atom stereocenters. The monoisotopic (exact) mass is 561 g/mol. The summed E-state index contributed by atoms with van der Waals surface area (Å²) in [6, 6.07) is 8.61. The largest absolute Gasteiger partial charge is 0.444 e. The van der Waals surface area contributed by atoms with E-state index in [1.54, 1.807) is 12.4 Å². The Kier molecular flexibility index (Phi) is 7.36. The summed E-state index contributed by atoms with van der Waals surface area (Å²) >= 11 is 2.35. The average molecular weight is 561 g/mol. The fourth-order valence-electron chi connectivity index (χ4n) is 4.10. The van der Waals surface area contributed by atoms with E-state index in [0.717, 1.165) is 35.5 Å². The van der Waals surface area contributed by atoms with Crippen molar-refractivity contribution in [3.63, 3.8) is 0 Å². The first-order valence-electron chi connectivity index (χ1n) is 10.8. The van der Waals surface area contributed by atoms with E-state index in [0.29, 0.717) is 29.4 Å². The number of piperidine rings is 1. The van der Waals surface area contributed by atoms with Crippen LogP contribution in [0.1, 0.15) is 35.2 Å². The second-order valence-corrected chi connectivity index (χ2v) is 9.16. The predicted molar refractivity (Wildman–Crippen MR) is 131 cm³/mol. The summed E-state index contributed by atoms with van der Waals surface area (Å²) in [5, 5.41) is 8.44. The van der Waals surface area contributed by atoms with Gasteiger partial charge in [-0.25, -0.2) is 9.37 Å². The summed E-state index contributed by atoms with van der Waals surface area (Å²) in [7, 11) is 0. The first kappa shape index (κ1) is 23.3. The number of halogens is 2. The molecule has 1 saturated heterocycles. The van der Waals surface area contributed by atoms with E-state index >= 15 is 0 Å². The molecule has 9 heteroatoms. The van der Waals surface area contributed by atoms with Crippen LogP contribution < -0.4 is 4.74 Å². The van der Waals surface area contributed by atoms with E-state index in [2.05, 4.69) is 44.4 Å². The number of ether oxygens (including phenoxy) is 1. The van der Waals surface area contributed by atoms with Crippen molar-refractivity contribution in [2.24, 2.45) is 5.92 Å². The molecule has 172 valence electrons. The van der Waals surface area contributed by atoms with Crippen molar-refractivity contribution < 1.29 is 13.9 Å². The minimum Gasteiger partial charge on any atom is -0.444 e. The van der Waals surface area contributed by atoms with E-state index in [-0.39, 0.29) is 17.9 Å². The topological polar surface area (TPSA) is 73.1 Å². The molecule has 1 unspecified atom stereocenters. The molecule has 0 aliphatic carbocycles. The van der Waals surface area contributed by atoms with Gasteiger partial charge in [0, 0.05) is 29.0 Å². The lowest BCUT2D eigenvalue weighted by molar-refractivity contribution is 0.0528. The number of pyridine rings is 1. The van der Waals surface area contributed by atoms with Crippen molar-refractivity contribution in [3.05, 3.63) is 78.2 Å². The molecule has 1 aliphatic heterocycles. The number of rotatable bonds is 7. The van der Waals surface area contributed by atoms with Gasteiger partial charge in [0.2, 0.25) is 5.88 Å². The zero-order valence-corrected chi connectivity index (χ0v) is 20.5. The molecule has 4 rings (SSSR count). The fourth-order valence-corrected chi connectivity index (χ4v) is 4.81. The van der Waals surface area contributed by atoms with Crippen LogP contribution in [0.25, 0.3) is 5.69 Å². The quantitative estimate of drug-likeness (QED) is 0.237. The number of hydrogen-bond donors (Lipinski definition) is 0. The van der Waals surface area contributed by atoms with E-state index in [4.69, 9.17) is 4.74 Å². The van der Waals surface area contributed by atoms with Crippen LogP contribution in [-0.2, 0) is 0 Å². The van der Waals surface area contributed by atoms with Gasteiger partial charge in [0.05, 0.1) is 29.8 Å². The van der Waals surface area contributed by atoms with Crippen molar-refractivity contribution in [2.45, 2.75) is 32.2 Å². The van der Waals surface area contributed by atoms with Crippen molar-refractivity contribution in [1.29, 1.82) is 0 Å². The van der Waals surface area contributed by atoms with Gasteiger partial charge in [-0.05, 0) is 44.4 Å². The van der Waals surface area contributed by atoms with Crippen molar-refractivity contribution >= 4 is 28.5 Å². The molecular formula is C24H25FIN5O2. The number of nitrogens with zero attached hydrogens (tertiary/aromatic N) is 5. The molecule has 1 aliphatic rings. The van der Waals surface area contributed by atoms with Crippen LogP contribution in [0.5, 0.6) is 5.88 Å². The van der Waals surface area contributed by atoms with Crippen LogP contribution in [0.3, 0.4) is 0 Å². The Morgan fingerprint density at radius 2 is 2.03 bits per heavy atom. The Morgan fingerprint density at radius 1 is 1.24 bits per heavy atom. The van der Waals surface area contributed by atoms with Crippen LogP contribution in [0.15, 0.2) is 61.3 Å². The molecule has 3 heterocycles. The highest BCUT2D eigenvalue weighted by Gasteiger charge is 2.34. The van der Waals surface area contributed by atoms with Gasteiger partial charge in [-0.15, -0.1) is 0 Å². The molecule has 3 aromatic rings. The number of benzene rings is 1. The van der Waals surface area contributed by atoms with Crippen LogP contribution in [0, 0.1) is 18.7 Å². The standard InChI is InChI=1S/C24H25FIN5O2/c1-16-3-7-22(31-28-11-12-29-31)21(13-16)24(32)30-15-18(4-6-20(30)9-10-26)17(2)33-23-8-5-19(25)14-27-23/h3,5,7-8,11-14,18,20H,2,4,6,9-10,15H2,1H3/t18-,20?/m1/s1. The van der Waals surface area contributed by atoms with Crippen LogP contribution >= 0.6 is 22.6 Å². The number of carbonyl (C=O) groups is 1. The van der Waals surface area contributed by atoms with Gasteiger partial charge >= 0.3 is 0 Å². The Labute approximate surface area is 205 Å². The summed E-state index contributed by atoms with van der Waals surface area (Å²) in [6.45, 7) is 6.53. The average Bonchev–Trinajstić information content (AvgIpc) is 3.35. The second kappa shape index (κ2) is 10.4. The van der Waals surface area contributed by atoms with Gasteiger partial charge in [0.1, 0.15) is 11.6 Å². The predicted octanol–water partition coefficient (Wildman–Crippen LogP) is 4.75. The normalized spacial score (nSPS) is 18.2. The van der Waals surface area contributed by atoms with Gasteiger partial charge in [0.25, 0.3) is 5.91 Å². The minimum atomic E-state index is -0.426. The third-order valence-electron chi connectivity index (χ3n) is 5.82. The first-order valence-corrected chi connectivity index (χ1v) is 12.3. The van der Waals surface area contributed by atoms with E-state index in [1.165, 1.54) is 16.9 Å². The lowest BCUT2D eigenvalue weighted by Gasteiger charge is -2.40. The Morgan fingerprint density at radius 3 is 2.73 bits per heavy atom. The SMILES string of the molecule is C=C(Oc1ccc(F)cn1)[C@@H]1CCC(CCI)N(C(=O)c2cc(C)ccc2-n2nccn2)C1. The molecule has 0 spiro atoms. The highest BCUT2D eigenvalue weighted by atomic mass is 127.